The molecule has 1 aromatic rings. The van der Waals surface area contributed by atoms with Crippen LogP contribution in [-0.2, 0) is 0 Å². The molecule has 1 heterocycles. The van der Waals surface area contributed by atoms with E-state index in [0.717, 1.165) is 5.56 Å². The van der Waals surface area contributed by atoms with E-state index in [9.17, 15) is 0 Å². The molecule has 0 saturated heterocycles. The van der Waals surface area contributed by atoms with Crippen LogP contribution in [0, 0.1) is 6.92 Å². The average Bonchev–Trinajstić information content (AvgIpc) is 2.27. The number of nitrogens with one attached hydrogen (secondary N) is 1. The fourth-order valence-electron chi connectivity index (χ4n) is 1.08. The molecule has 0 aliphatic rings. The van der Waals surface area contributed by atoms with Gasteiger partial charge >= 0.3 is 0 Å². The molecule has 0 amide bonds. The largest absolute Gasteiger partial charge is 0.481 e. The number of hydrogen-bond donors (Lipinski definition) is 3. The summed E-state index contributed by atoms with van der Waals surface area (Å²) >= 11 is 0. The third kappa shape index (κ3) is 3.38. The van der Waals surface area contributed by atoms with E-state index in [1.807, 2.05) is 13.0 Å². The molecule has 0 fully saturated rings. The van der Waals surface area contributed by atoms with Crippen molar-refractivity contribution in [2.24, 2.45) is 0 Å². The lowest BCUT2D eigenvalue weighted by molar-refractivity contribution is 0.105. The molecule has 0 unspecified atom stereocenters. The van der Waals surface area contributed by atoms with Gasteiger partial charge in [-0.1, -0.05) is 6.07 Å². The highest BCUT2D eigenvalue weighted by Gasteiger charge is 2.05. The number of pyridine rings is 1. The standard InChI is InChI=1S/C10H16N2O3/c1-7-3-4-9(15-2)12-10(7)11-5-8(14)6-13/h3-4,8,13-14H,5-6H2,1-2H3,(H,11,12)/t8-/m0/s1. The maximum absolute atomic E-state index is 9.17. The number of nitrogens with zero attached hydrogens (tertiary/aromatic N) is 1. The van der Waals surface area contributed by atoms with E-state index in [2.05, 4.69) is 10.3 Å². The van der Waals surface area contributed by atoms with Crippen molar-refractivity contribution >= 4 is 5.82 Å². The second kappa shape index (κ2) is 5.53. The van der Waals surface area contributed by atoms with Gasteiger partial charge in [0.05, 0.1) is 19.8 Å². The van der Waals surface area contributed by atoms with Crippen LogP contribution in [0.5, 0.6) is 5.88 Å². The van der Waals surface area contributed by atoms with Gasteiger partial charge in [0.15, 0.2) is 0 Å². The van der Waals surface area contributed by atoms with E-state index in [1.54, 1.807) is 13.2 Å². The first-order chi connectivity index (χ1) is 7.17. The highest BCUT2D eigenvalue weighted by molar-refractivity contribution is 5.45. The van der Waals surface area contributed by atoms with Gasteiger partial charge in [-0.2, -0.15) is 4.98 Å². The predicted molar refractivity (Wildman–Crippen MR) is 57.1 cm³/mol. The van der Waals surface area contributed by atoms with Gasteiger partial charge < -0.3 is 20.3 Å². The number of hydrogen-bond acceptors (Lipinski definition) is 5. The van der Waals surface area contributed by atoms with Gasteiger partial charge in [-0.25, -0.2) is 0 Å². The number of aliphatic hydroxyl groups excluding tert-OH is 2. The van der Waals surface area contributed by atoms with Crippen molar-refractivity contribution in [2.75, 3.05) is 25.6 Å². The van der Waals surface area contributed by atoms with Crippen LogP contribution in [-0.4, -0.2) is 41.6 Å². The molecule has 0 saturated carbocycles. The minimum Gasteiger partial charge on any atom is -0.481 e. The molecule has 1 rings (SSSR count). The van der Waals surface area contributed by atoms with Gasteiger partial charge in [0.1, 0.15) is 5.82 Å². The molecule has 0 radical (unpaired) electrons. The van der Waals surface area contributed by atoms with Gasteiger partial charge in [0, 0.05) is 12.6 Å². The molecule has 84 valence electrons. The fraction of sp³-hybridized carbons (Fsp3) is 0.500. The summed E-state index contributed by atoms with van der Waals surface area (Å²) in [4.78, 5) is 4.17. The Kier molecular flexibility index (Phi) is 4.33. The molecule has 15 heavy (non-hydrogen) atoms. The lowest BCUT2D eigenvalue weighted by Gasteiger charge is -2.12. The molecule has 0 aromatic carbocycles. The molecule has 0 aliphatic heterocycles. The third-order valence-corrected chi connectivity index (χ3v) is 2.00. The Labute approximate surface area is 88.7 Å². The van der Waals surface area contributed by atoms with Crippen LogP contribution in [0.1, 0.15) is 5.56 Å². The molecule has 5 nitrogen and oxygen atoms in total. The molecular weight excluding hydrogens is 196 g/mol. The number of aromatic nitrogens is 1. The smallest absolute Gasteiger partial charge is 0.214 e. The second-order valence-corrected chi connectivity index (χ2v) is 3.24. The van der Waals surface area contributed by atoms with E-state index in [0.29, 0.717) is 11.7 Å². The Morgan fingerprint density at radius 1 is 1.53 bits per heavy atom. The van der Waals surface area contributed by atoms with E-state index in [4.69, 9.17) is 14.9 Å². The van der Waals surface area contributed by atoms with Crippen LogP contribution in [0.4, 0.5) is 5.82 Å². The predicted octanol–water partition coefficient (Wildman–Crippen LogP) is 0.164. The first-order valence-corrected chi connectivity index (χ1v) is 4.71. The number of anilines is 1. The Hall–Kier alpha value is -1.33. The van der Waals surface area contributed by atoms with Crippen LogP contribution >= 0.6 is 0 Å². The van der Waals surface area contributed by atoms with Gasteiger partial charge in [-0.3, -0.25) is 0 Å². The van der Waals surface area contributed by atoms with Crippen molar-refractivity contribution < 1.29 is 14.9 Å². The molecule has 5 heteroatoms. The molecule has 3 N–H and O–H groups in total. The SMILES string of the molecule is COc1ccc(C)c(NC[C@H](O)CO)n1. The molecule has 1 atom stereocenters. The van der Waals surface area contributed by atoms with Crippen molar-refractivity contribution in [2.45, 2.75) is 13.0 Å². The number of aliphatic hydroxyl groups is 2. The third-order valence-electron chi connectivity index (χ3n) is 2.00. The Morgan fingerprint density at radius 2 is 2.27 bits per heavy atom. The number of ether oxygens (including phenoxy) is 1. The van der Waals surface area contributed by atoms with Gasteiger partial charge in [0.25, 0.3) is 0 Å². The quantitative estimate of drug-likeness (QED) is 0.648. The summed E-state index contributed by atoms with van der Waals surface area (Å²) < 4.78 is 4.98. The number of aryl methyl sites for hydroxylation is 1. The van der Waals surface area contributed by atoms with Crippen LogP contribution < -0.4 is 10.1 Å². The summed E-state index contributed by atoms with van der Waals surface area (Å²) in [6.07, 6.45) is -0.780. The molecule has 0 bridgehead atoms. The van der Waals surface area contributed by atoms with Crippen molar-refractivity contribution in [1.82, 2.24) is 4.98 Å². The summed E-state index contributed by atoms with van der Waals surface area (Å²) in [5, 5.41) is 20.8. The maximum atomic E-state index is 9.17. The van der Waals surface area contributed by atoms with E-state index >= 15 is 0 Å². The Balaban J connectivity index is 2.66. The van der Waals surface area contributed by atoms with Crippen LogP contribution in [0.2, 0.25) is 0 Å². The summed E-state index contributed by atoms with van der Waals surface area (Å²) in [6, 6.07) is 3.64. The minimum atomic E-state index is -0.780. The Bertz CT molecular complexity index is 318. The van der Waals surface area contributed by atoms with Crippen LogP contribution in [0.25, 0.3) is 0 Å². The zero-order chi connectivity index (χ0) is 11.3. The monoisotopic (exact) mass is 212 g/mol. The first-order valence-electron chi connectivity index (χ1n) is 4.71. The lowest BCUT2D eigenvalue weighted by Crippen LogP contribution is -2.23. The average molecular weight is 212 g/mol. The molecule has 0 aliphatic carbocycles. The van der Waals surface area contributed by atoms with E-state index in [-0.39, 0.29) is 13.2 Å². The zero-order valence-electron chi connectivity index (χ0n) is 8.90. The zero-order valence-corrected chi connectivity index (χ0v) is 8.90. The summed E-state index contributed by atoms with van der Waals surface area (Å²) in [6.45, 7) is 1.90. The van der Waals surface area contributed by atoms with Crippen LogP contribution in [0.3, 0.4) is 0 Å². The van der Waals surface area contributed by atoms with Crippen molar-refractivity contribution in [3.63, 3.8) is 0 Å². The number of rotatable bonds is 5. The molecular formula is C10H16N2O3. The summed E-state index contributed by atoms with van der Waals surface area (Å²) in [5.41, 5.74) is 0.959. The summed E-state index contributed by atoms with van der Waals surface area (Å²) in [7, 11) is 1.55. The first kappa shape index (κ1) is 11.7. The number of methoxy groups -OCH3 is 1. The highest BCUT2D eigenvalue weighted by Crippen LogP contribution is 2.16. The van der Waals surface area contributed by atoms with Crippen LogP contribution in [0.15, 0.2) is 12.1 Å². The maximum Gasteiger partial charge on any atom is 0.214 e. The van der Waals surface area contributed by atoms with Crippen molar-refractivity contribution in [3.8, 4) is 5.88 Å². The highest BCUT2D eigenvalue weighted by atomic mass is 16.5. The summed E-state index contributed by atoms with van der Waals surface area (Å²) in [5.74, 6) is 1.17. The molecule has 0 spiro atoms. The van der Waals surface area contributed by atoms with E-state index in [1.165, 1.54) is 0 Å². The minimum absolute atomic E-state index is 0.261. The van der Waals surface area contributed by atoms with Gasteiger partial charge in [-0.15, -0.1) is 0 Å². The van der Waals surface area contributed by atoms with Crippen molar-refractivity contribution in [1.29, 1.82) is 0 Å². The lowest BCUT2D eigenvalue weighted by atomic mass is 10.3. The topological polar surface area (TPSA) is 74.6 Å². The second-order valence-electron chi connectivity index (χ2n) is 3.24. The Morgan fingerprint density at radius 3 is 2.87 bits per heavy atom. The van der Waals surface area contributed by atoms with Gasteiger partial charge in [-0.05, 0) is 12.5 Å². The van der Waals surface area contributed by atoms with Crippen molar-refractivity contribution in [3.05, 3.63) is 17.7 Å². The normalized spacial score (nSPS) is 12.3. The van der Waals surface area contributed by atoms with Gasteiger partial charge in [0.2, 0.25) is 5.88 Å². The van der Waals surface area contributed by atoms with E-state index < -0.39 is 6.10 Å². The fourth-order valence-corrected chi connectivity index (χ4v) is 1.08. The molecule has 1 aromatic heterocycles.